The fourth-order valence-corrected chi connectivity index (χ4v) is 3.36. The molecule has 0 aromatic heterocycles. The molecule has 0 aliphatic carbocycles. The molecule has 1 N–H and O–H groups in total. The molecule has 5 heteroatoms. The van der Waals surface area contributed by atoms with Crippen LogP contribution in [0.1, 0.15) is 24.1 Å². The van der Waals surface area contributed by atoms with Gasteiger partial charge in [0.25, 0.3) is 0 Å². The number of hydrogen-bond donors (Lipinski definition) is 1. The van der Waals surface area contributed by atoms with Crippen LogP contribution in [0.15, 0.2) is 36.4 Å². The first kappa shape index (κ1) is 16.9. The van der Waals surface area contributed by atoms with Crippen LogP contribution in [0.5, 0.6) is 0 Å². The van der Waals surface area contributed by atoms with E-state index in [9.17, 15) is 0 Å². The average Bonchev–Trinajstić information content (AvgIpc) is 2.40. The van der Waals surface area contributed by atoms with Crippen LogP contribution in [-0.2, 0) is 6.42 Å². The summed E-state index contributed by atoms with van der Waals surface area (Å²) >= 11 is 24.7. The monoisotopic (exact) mass is 361 g/mol. The highest BCUT2D eigenvalue weighted by atomic mass is 35.5. The van der Waals surface area contributed by atoms with Gasteiger partial charge >= 0.3 is 0 Å². The lowest BCUT2D eigenvalue weighted by Crippen LogP contribution is -2.23. The lowest BCUT2D eigenvalue weighted by Gasteiger charge is -2.20. The standard InChI is InChI=1S/C16H15Cl4N/c1-2-21-16(10-6-11(17)8-12(18)7-10)9-13-14(19)4-3-5-15(13)20/h3-8,16,21H,2,9H2,1H3. The number of nitrogens with one attached hydrogen (secondary N) is 1. The van der Waals surface area contributed by atoms with E-state index in [1.165, 1.54) is 0 Å². The van der Waals surface area contributed by atoms with Gasteiger partial charge in [0.15, 0.2) is 0 Å². The van der Waals surface area contributed by atoms with Gasteiger partial charge in [-0.15, -0.1) is 0 Å². The van der Waals surface area contributed by atoms with Crippen LogP contribution < -0.4 is 5.32 Å². The molecule has 2 aromatic rings. The number of likely N-dealkylation sites (N-methyl/N-ethyl adjacent to an activating group) is 1. The molecule has 0 bridgehead atoms. The predicted octanol–water partition coefficient (Wildman–Crippen LogP) is 6.19. The Morgan fingerprint density at radius 2 is 1.52 bits per heavy atom. The number of rotatable bonds is 5. The van der Waals surface area contributed by atoms with E-state index in [4.69, 9.17) is 46.4 Å². The Hall–Kier alpha value is -0.440. The summed E-state index contributed by atoms with van der Waals surface area (Å²) in [5.41, 5.74) is 1.94. The SMILES string of the molecule is CCNC(Cc1c(Cl)cccc1Cl)c1cc(Cl)cc(Cl)c1. The van der Waals surface area contributed by atoms with E-state index >= 15 is 0 Å². The van der Waals surface area contributed by atoms with Gasteiger partial charge in [0.2, 0.25) is 0 Å². The van der Waals surface area contributed by atoms with E-state index in [-0.39, 0.29) is 6.04 Å². The van der Waals surface area contributed by atoms with Gasteiger partial charge in [0, 0.05) is 26.1 Å². The molecule has 0 heterocycles. The van der Waals surface area contributed by atoms with Crippen molar-refractivity contribution < 1.29 is 0 Å². The van der Waals surface area contributed by atoms with Crippen molar-refractivity contribution in [2.24, 2.45) is 0 Å². The summed E-state index contributed by atoms with van der Waals surface area (Å²) < 4.78 is 0. The third-order valence-corrected chi connectivity index (χ3v) is 4.35. The molecule has 1 atom stereocenters. The molecular formula is C16H15Cl4N. The number of benzene rings is 2. The quantitative estimate of drug-likeness (QED) is 0.668. The summed E-state index contributed by atoms with van der Waals surface area (Å²) in [7, 11) is 0. The van der Waals surface area contributed by atoms with Gasteiger partial charge in [-0.1, -0.05) is 59.4 Å². The Morgan fingerprint density at radius 1 is 0.952 bits per heavy atom. The molecule has 1 nitrogen and oxygen atoms in total. The molecule has 0 fully saturated rings. The molecule has 0 amide bonds. The van der Waals surface area contributed by atoms with Crippen molar-refractivity contribution in [3.8, 4) is 0 Å². The third-order valence-electron chi connectivity index (χ3n) is 3.21. The molecule has 0 spiro atoms. The van der Waals surface area contributed by atoms with E-state index in [1.807, 2.05) is 37.3 Å². The highest BCUT2D eigenvalue weighted by Gasteiger charge is 2.16. The summed E-state index contributed by atoms with van der Waals surface area (Å²) in [5, 5.41) is 5.99. The summed E-state index contributed by atoms with van der Waals surface area (Å²) in [6.45, 7) is 2.87. The zero-order chi connectivity index (χ0) is 15.4. The predicted molar refractivity (Wildman–Crippen MR) is 93.0 cm³/mol. The molecule has 112 valence electrons. The summed E-state index contributed by atoms with van der Waals surface area (Å²) in [6.07, 6.45) is 0.670. The maximum absolute atomic E-state index is 6.26. The largest absolute Gasteiger partial charge is 0.310 e. The molecule has 0 saturated heterocycles. The van der Waals surface area contributed by atoms with Crippen LogP contribution in [0.25, 0.3) is 0 Å². The van der Waals surface area contributed by atoms with Crippen molar-refractivity contribution in [1.82, 2.24) is 5.32 Å². The minimum atomic E-state index is 0.0450. The number of hydrogen-bond acceptors (Lipinski definition) is 1. The van der Waals surface area contributed by atoms with E-state index in [1.54, 1.807) is 6.07 Å². The Bertz CT molecular complexity index is 587. The zero-order valence-electron chi connectivity index (χ0n) is 11.5. The Kier molecular flexibility index (Phi) is 6.21. The first-order valence-corrected chi connectivity index (χ1v) is 8.14. The van der Waals surface area contributed by atoms with E-state index in [0.717, 1.165) is 17.7 Å². The smallest absolute Gasteiger partial charge is 0.0453 e. The highest BCUT2D eigenvalue weighted by Crippen LogP contribution is 2.31. The fraction of sp³-hybridized carbons (Fsp3) is 0.250. The van der Waals surface area contributed by atoms with E-state index in [0.29, 0.717) is 26.5 Å². The van der Waals surface area contributed by atoms with Crippen molar-refractivity contribution in [1.29, 1.82) is 0 Å². The molecule has 21 heavy (non-hydrogen) atoms. The molecular weight excluding hydrogens is 348 g/mol. The van der Waals surface area contributed by atoms with Gasteiger partial charge in [0.1, 0.15) is 0 Å². The minimum Gasteiger partial charge on any atom is -0.310 e. The topological polar surface area (TPSA) is 12.0 Å². The maximum atomic E-state index is 6.26. The molecule has 2 aromatic carbocycles. The van der Waals surface area contributed by atoms with Crippen molar-refractivity contribution in [2.45, 2.75) is 19.4 Å². The number of halogens is 4. The van der Waals surface area contributed by atoms with Crippen LogP contribution in [0.4, 0.5) is 0 Å². The van der Waals surface area contributed by atoms with Crippen LogP contribution in [0.3, 0.4) is 0 Å². The summed E-state index contributed by atoms with van der Waals surface area (Å²) in [5.74, 6) is 0. The van der Waals surface area contributed by atoms with Crippen LogP contribution in [-0.4, -0.2) is 6.54 Å². The summed E-state index contributed by atoms with van der Waals surface area (Å²) in [4.78, 5) is 0. The second-order valence-electron chi connectivity index (χ2n) is 4.72. The molecule has 1 unspecified atom stereocenters. The second kappa shape index (κ2) is 7.71. The van der Waals surface area contributed by atoms with Gasteiger partial charge in [-0.25, -0.2) is 0 Å². The van der Waals surface area contributed by atoms with E-state index in [2.05, 4.69) is 5.32 Å². The molecule has 0 aliphatic heterocycles. The highest BCUT2D eigenvalue weighted by molar-refractivity contribution is 6.36. The molecule has 0 radical (unpaired) electrons. The Balaban J connectivity index is 2.35. The first-order valence-electron chi connectivity index (χ1n) is 6.63. The van der Waals surface area contributed by atoms with Crippen LogP contribution in [0, 0.1) is 0 Å². The van der Waals surface area contributed by atoms with Crippen LogP contribution >= 0.6 is 46.4 Å². The van der Waals surface area contributed by atoms with Crippen molar-refractivity contribution in [3.63, 3.8) is 0 Å². The molecule has 0 saturated carbocycles. The van der Waals surface area contributed by atoms with Gasteiger partial charge in [-0.05, 0) is 54.4 Å². The van der Waals surface area contributed by atoms with Crippen molar-refractivity contribution >= 4 is 46.4 Å². The average molecular weight is 363 g/mol. The zero-order valence-corrected chi connectivity index (χ0v) is 14.5. The minimum absolute atomic E-state index is 0.0450. The summed E-state index contributed by atoms with van der Waals surface area (Å²) in [6, 6.07) is 11.1. The Labute approximate surface area is 145 Å². The van der Waals surface area contributed by atoms with E-state index < -0.39 is 0 Å². The lowest BCUT2D eigenvalue weighted by molar-refractivity contribution is 0.550. The van der Waals surface area contributed by atoms with Crippen molar-refractivity contribution in [2.75, 3.05) is 6.54 Å². The Morgan fingerprint density at radius 3 is 2.05 bits per heavy atom. The molecule has 0 aliphatic rings. The van der Waals surface area contributed by atoms with Gasteiger partial charge in [-0.2, -0.15) is 0 Å². The first-order chi connectivity index (χ1) is 10.0. The normalized spacial score (nSPS) is 12.4. The van der Waals surface area contributed by atoms with Crippen molar-refractivity contribution in [3.05, 3.63) is 67.6 Å². The maximum Gasteiger partial charge on any atom is 0.0453 e. The lowest BCUT2D eigenvalue weighted by atomic mass is 9.98. The van der Waals surface area contributed by atoms with Gasteiger partial charge in [-0.3, -0.25) is 0 Å². The van der Waals surface area contributed by atoms with Gasteiger partial charge in [0.05, 0.1) is 0 Å². The molecule has 2 rings (SSSR count). The third kappa shape index (κ3) is 4.51. The second-order valence-corrected chi connectivity index (χ2v) is 6.40. The van der Waals surface area contributed by atoms with Gasteiger partial charge < -0.3 is 5.32 Å². The van der Waals surface area contributed by atoms with Crippen LogP contribution in [0.2, 0.25) is 20.1 Å². The fourth-order valence-electron chi connectivity index (χ4n) is 2.26.